The SMILES string of the molecule is CCCCOCCOc1nc(C)ccc1N. The molecule has 1 rings (SSSR count). The smallest absolute Gasteiger partial charge is 0.237 e. The highest BCUT2D eigenvalue weighted by Crippen LogP contribution is 2.17. The van der Waals surface area contributed by atoms with Gasteiger partial charge in [0, 0.05) is 12.3 Å². The van der Waals surface area contributed by atoms with Crippen molar-refractivity contribution >= 4 is 5.69 Å². The minimum absolute atomic E-state index is 0.490. The van der Waals surface area contributed by atoms with Gasteiger partial charge in [0.1, 0.15) is 6.61 Å². The molecule has 0 radical (unpaired) electrons. The third kappa shape index (κ3) is 4.49. The van der Waals surface area contributed by atoms with Gasteiger partial charge in [0.25, 0.3) is 0 Å². The van der Waals surface area contributed by atoms with Crippen LogP contribution >= 0.6 is 0 Å². The van der Waals surface area contributed by atoms with E-state index in [1.807, 2.05) is 13.0 Å². The van der Waals surface area contributed by atoms with Crippen molar-refractivity contribution in [1.29, 1.82) is 0 Å². The average molecular weight is 224 g/mol. The second-order valence-electron chi connectivity index (χ2n) is 3.66. The number of nitrogens with two attached hydrogens (primary N) is 1. The van der Waals surface area contributed by atoms with Gasteiger partial charge in [-0.15, -0.1) is 0 Å². The fourth-order valence-corrected chi connectivity index (χ4v) is 1.20. The number of rotatable bonds is 7. The molecule has 1 heterocycles. The van der Waals surface area contributed by atoms with Crippen LogP contribution < -0.4 is 10.5 Å². The number of hydrogen-bond acceptors (Lipinski definition) is 4. The summed E-state index contributed by atoms with van der Waals surface area (Å²) in [6, 6.07) is 3.66. The van der Waals surface area contributed by atoms with Crippen LogP contribution in [0.2, 0.25) is 0 Å². The Morgan fingerprint density at radius 1 is 1.25 bits per heavy atom. The van der Waals surface area contributed by atoms with Gasteiger partial charge in [0.15, 0.2) is 0 Å². The van der Waals surface area contributed by atoms with Crippen LogP contribution in [0.15, 0.2) is 12.1 Å². The largest absolute Gasteiger partial charge is 0.474 e. The van der Waals surface area contributed by atoms with Gasteiger partial charge in [0.05, 0.1) is 12.3 Å². The fourth-order valence-electron chi connectivity index (χ4n) is 1.20. The summed E-state index contributed by atoms with van der Waals surface area (Å²) in [6.07, 6.45) is 2.23. The Bertz CT molecular complexity index is 316. The number of nitrogen functional groups attached to an aromatic ring is 1. The number of nitrogens with zero attached hydrogens (tertiary/aromatic N) is 1. The summed E-state index contributed by atoms with van der Waals surface area (Å²) in [5.41, 5.74) is 7.19. The molecule has 4 heteroatoms. The highest BCUT2D eigenvalue weighted by atomic mass is 16.5. The Kier molecular flexibility index (Phi) is 5.64. The van der Waals surface area contributed by atoms with Crippen LogP contribution in [0.1, 0.15) is 25.5 Å². The van der Waals surface area contributed by atoms with E-state index in [0.717, 1.165) is 25.1 Å². The van der Waals surface area contributed by atoms with Gasteiger partial charge in [-0.3, -0.25) is 0 Å². The van der Waals surface area contributed by atoms with Gasteiger partial charge in [0.2, 0.25) is 5.88 Å². The topological polar surface area (TPSA) is 57.4 Å². The first-order valence-electron chi connectivity index (χ1n) is 5.67. The van der Waals surface area contributed by atoms with E-state index in [2.05, 4.69) is 11.9 Å². The van der Waals surface area contributed by atoms with Crippen LogP contribution in [-0.4, -0.2) is 24.8 Å². The van der Waals surface area contributed by atoms with Crippen molar-refractivity contribution in [2.75, 3.05) is 25.6 Å². The minimum atomic E-state index is 0.490. The van der Waals surface area contributed by atoms with Gasteiger partial charge in [-0.25, -0.2) is 4.98 Å². The van der Waals surface area contributed by atoms with E-state index in [0.29, 0.717) is 24.8 Å². The predicted molar refractivity (Wildman–Crippen MR) is 64.6 cm³/mol. The van der Waals surface area contributed by atoms with Gasteiger partial charge in [-0.2, -0.15) is 0 Å². The Balaban J connectivity index is 2.23. The monoisotopic (exact) mass is 224 g/mol. The first-order valence-corrected chi connectivity index (χ1v) is 5.67. The van der Waals surface area contributed by atoms with E-state index in [1.54, 1.807) is 6.07 Å². The molecule has 16 heavy (non-hydrogen) atoms. The lowest BCUT2D eigenvalue weighted by molar-refractivity contribution is 0.0967. The van der Waals surface area contributed by atoms with Crippen molar-refractivity contribution in [3.8, 4) is 5.88 Å². The molecule has 1 aromatic heterocycles. The van der Waals surface area contributed by atoms with Crippen LogP contribution in [0, 0.1) is 6.92 Å². The van der Waals surface area contributed by atoms with Crippen LogP contribution in [0.3, 0.4) is 0 Å². The molecule has 0 spiro atoms. The fraction of sp³-hybridized carbons (Fsp3) is 0.583. The second-order valence-corrected chi connectivity index (χ2v) is 3.66. The lowest BCUT2D eigenvalue weighted by Gasteiger charge is -2.08. The van der Waals surface area contributed by atoms with Crippen LogP contribution in [0.5, 0.6) is 5.88 Å². The molecule has 0 aliphatic rings. The number of aryl methyl sites for hydroxylation is 1. The molecule has 0 saturated carbocycles. The van der Waals surface area contributed by atoms with Gasteiger partial charge >= 0.3 is 0 Å². The molecular formula is C12H20N2O2. The highest BCUT2D eigenvalue weighted by molar-refractivity contribution is 5.48. The summed E-state index contributed by atoms with van der Waals surface area (Å²) in [4.78, 5) is 4.20. The first-order chi connectivity index (χ1) is 7.74. The molecule has 4 nitrogen and oxygen atoms in total. The van der Waals surface area contributed by atoms with E-state index >= 15 is 0 Å². The van der Waals surface area contributed by atoms with Crippen LogP contribution in [0.4, 0.5) is 5.69 Å². The van der Waals surface area contributed by atoms with Crippen molar-refractivity contribution in [1.82, 2.24) is 4.98 Å². The predicted octanol–water partition coefficient (Wildman–Crippen LogP) is 2.17. The molecule has 0 atom stereocenters. The summed E-state index contributed by atoms with van der Waals surface area (Å²) >= 11 is 0. The number of ether oxygens (including phenoxy) is 2. The summed E-state index contributed by atoms with van der Waals surface area (Å²) in [7, 11) is 0. The molecule has 0 aliphatic carbocycles. The number of anilines is 1. The summed E-state index contributed by atoms with van der Waals surface area (Å²) in [5, 5.41) is 0. The maximum atomic E-state index is 5.72. The molecule has 0 unspecified atom stereocenters. The maximum Gasteiger partial charge on any atom is 0.237 e. The summed E-state index contributed by atoms with van der Waals surface area (Å²) < 4.78 is 10.8. The average Bonchev–Trinajstić information content (AvgIpc) is 2.28. The molecular weight excluding hydrogens is 204 g/mol. The zero-order valence-electron chi connectivity index (χ0n) is 10.0. The van der Waals surface area contributed by atoms with Crippen LogP contribution in [-0.2, 0) is 4.74 Å². The molecule has 0 aromatic carbocycles. The summed E-state index contributed by atoms with van der Waals surface area (Å²) in [6.45, 7) is 5.90. The molecule has 0 amide bonds. The van der Waals surface area contributed by atoms with E-state index in [9.17, 15) is 0 Å². The third-order valence-electron chi connectivity index (χ3n) is 2.14. The van der Waals surface area contributed by atoms with E-state index in [-0.39, 0.29) is 0 Å². The van der Waals surface area contributed by atoms with Gasteiger partial charge in [-0.1, -0.05) is 13.3 Å². The minimum Gasteiger partial charge on any atom is -0.474 e. The number of aromatic nitrogens is 1. The Morgan fingerprint density at radius 2 is 2.06 bits per heavy atom. The Morgan fingerprint density at radius 3 is 2.81 bits per heavy atom. The van der Waals surface area contributed by atoms with Crippen molar-refractivity contribution in [2.24, 2.45) is 0 Å². The highest BCUT2D eigenvalue weighted by Gasteiger charge is 2.01. The first kappa shape index (κ1) is 12.8. The number of hydrogen-bond donors (Lipinski definition) is 1. The van der Waals surface area contributed by atoms with Gasteiger partial charge < -0.3 is 15.2 Å². The summed E-state index contributed by atoms with van der Waals surface area (Å²) in [5.74, 6) is 0.499. The number of pyridine rings is 1. The molecule has 0 aliphatic heterocycles. The van der Waals surface area contributed by atoms with Crippen molar-refractivity contribution in [2.45, 2.75) is 26.7 Å². The van der Waals surface area contributed by atoms with Crippen molar-refractivity contribution in [3.05, 3.63) is 17.8 Å². The Hall–Kier alpha value is -1.29. The lowest BCUT2D eigenvalue weighted by Crippen LogP contribution is -2.09. The van der Waals surface area contributed by atoms with Crippen molar-refractivity contribution < 1.29 is 9.47 Å². The Labute approximate surface area is 96.8 Å². The molecule has 1 aromatic rings. The zero-order chi connectivity index (χ0) is 11.8. The molecule has 0 saturated heterocycles. The molecule has 0 fully saturated rings. The van der Waals surface area contributed by atoms with E-state index in [4.69, 9.17) is 15.2 Å². The van der Waals surface area contributed by atoms with Gasteiger partial charge in [-0.05, 0) is 25.5 Å². The molecule has 0 bridgehead atoms. The quantitative estimate of drug-likeness (QED) is 0.721. The molecule has 90 valence electrons. The van der Waals surface area contributed by atoms with E-state index < -0.39 is 0 Å². The standard InChI is InChI=1S/C12H20N2O2/c1-3-4-7-15-8-9-16-12-11(13)6-5-10(2)14-12/h5-6H,3-4,7-9,13H2,1-2H3. The molecule has 2 N–H and O–H groups in total. The zero-order valence-corrected chi connectivity index (χ0v) is 10.0. The lowest BCUT2D eigenvalue weighted by atomic mass is 10.3. The third-order valence-corrected chi connectivity index (χ3v) is 2.14. The van der Waals surface area contributed by atoms with Crippen molar-refractivity contribution in [3.63, 3.8) is 0 Å². The van der Waals surface area contributed by atoms with E-state index in [1.165, 1.54) is 0 Å². The van der Waals surface area contributed by atoms with Crippen LogP contribution in [0.25, 0.3) is 0 Å². The normalized spacial score (nSPS) is 10.4. The number of unbranched alkanes of at least 4 members (excludes halogenated alkanes) is 1. The second kappa shape index (κ2) is 7.06. The maximum absolute atomic E-state index is 5.72.